The molecule has 0 spiro atoms. The van der Waals surface area contributed by atoms with E-state index in [1.54, 1.807) is 0 Å². The van der Waals surface area contributed by atoms with E-state index in [2.05, 4.69) is 12.2 Å². The molecule has 1 fully saturated rings. The van der Waals surface area contributed by atoms with E-state index >= 15 is 0 Å². The van der Waals surface area contributed by atoms with E-state index in [9.17, 15) is 4.79 Å². The van der Waals surface area contributed by atoms with Crippen molar-refractivity contribution in [2.75, 3.05) is 19.8 Å². The summed E-state index contributed by atoms with van der Waals surface area (Å²) in [5, 5.41) is 3.46. The summed E-state index contributed by atoms with van der Waals surface area (Å²) < 4.78 is 11.1. The summed E-state index contributed by atoms with van der Waals surface area (Å²) in [6.07, 6.45) is 3.13. The third-order valence-corrected chi connectivity index (χ3v) is 3.59. The van der Waals surface area contributed by atoms with Crippen LogP contribution in [0.25, 0.3) is 0 Å². The number of hydrogen-bond acceptors (Lipinski definition) is 4. The maximum atomic E-state index is 12.7. The molecule has 1 aliphatic carbocycles. The van der Waals surface area contributed by atoms with Crippen molar-refractivity contribution in [2.45, 2.75) is 44.7 Å². The minimum Gasteiger partial charge on any atom is -0.464 e. The van der Waals surface area contributed by atoms with Crippen LogP contribution in [0.5, 0.6) is 0 Å². The standard InChI is InChI=1S/C17H25NO3/c1-3-12-20-13-17(16(19)21-4-2,18-15-10-11-15)14-8-6-5-7-9-14/h5-9,15,18H,3-4,10-13H2,1-2H3. The average molecular weight is 291 g/mol. The van der Waals surface area contributed by atoms with Gasteiger partial charge >= 0.3 is 5.97 Å². The molecule has 1 aromatic rings. The summed E-state index contributed by atoms with van der Waals surface area (Å²) >= 11 is 0. The number of esters is 1. The van der Waals surface area contributed by atoms with E-state index in [0.29, 0.717) is 25.9 Å². The van der Waals surface area contributed by atoms with Gasteiger partial charge in [-0.05, 0) is 31.7 Å². The predicted molar refractivity (Wildman–Crippen MR) is 82.0 cm³/mol. The zero-order valence-corrected chi connectivity index (χ0v) is 12.9. The monoisotopic (exact) mass is 291 g/mol. The van der Waals surface area contributed by atoms with E-state index in [1.165, 1.54) is 0 Å². The maximum absolute atomic E-state index is 12.7. The summed E-state index contributed by atoms with van der Waals surface area (Å²) in [4.78, 5) is 12.7. The fourth-order valence-corrected chi connectivity index (χ4v) is 2.37. The van der Waals surface area contributed by atoms with E-state index in [1.807, 2.05) is 37.3 Å². The zero-order chi connectivity index (χ0) is 15.1. The van der Waals surface area contributed by atoms with E-state index in [-0.39, 0.29) is 5.97 Å². The van der Waals surface area contributed by atoms with Crippen LogP contribution < -0.4 is 5.32 Å². The first kappa shape index (κ1) is 16.0. The highest BCUT2D eigenvalue weighted by Crippen LogP contribution is 2.30. The summed E-state index contributed by atoms with van der Waals surface area (Å²) in [5.74, 6) is -0.251. The molecule has 1 saturated carbocycles. The molecule has 0 bridgehead atoms. The molecule has 0 saturated heterocycles. The topological polar surface area (TPSA) is 47.6 Å². The van der Waals surface area contributed by atoms with Gasteiger partial charge in [0.2, 0.25) is 0 Å². The summed E-state index contributed by atoms with van der Waals surface area (Å²) in [5.41, 5.74) is 0.0135. The third-order valence-electron chi connectivity index (χ3n) is 3.59. The van der Waals surface area contributed by atoms with Crippen LogP contribution in [0.3, 0.4) is 0 Å². The number of rotatable bonds is 9. The number of ether oxygens (including phenoxy) is 2. The highest BCUT2D eigenvalue weighted by molar-refractivity contribution is 5.83. The average Bonchev–Trinajstić information content (AvgIpc) is 3.31. The molecule has 0 heterocycles. The van der Waals surface area contributed by atoms with Crippen LogP contribution in [0.15, 0.2) is 30.3 Å². The number of carbonyl (C=O) groups excluding carboxylic acids is 1. The van der Waals surface area contributed by atoms with Crippen LogP contribution in [-0.2, 0) is 19.8 Å². The molecule has 0 aromatic heterocycles. The molecule has 4 heteroatoms. The highest BCUT2D eigenvalue weighted by atomic mass is 16.5. The second kappa shape index (κ2) is 7.57. The molecular weight excluding hydrogens is 266 g/mol. The van der Waals surface area contributed by atoms with Crippen LogP contribution >= 0.6 is 0 Å². The van der Waals surface area contributed by atoms with Gasteiger partial charge in [-0.25, -0.2) is 4.79 Å². The Kier molecular flexibility index (Phi) is 5.76. The molecule has 2 rings (SSSR count). The second-order valence-corrected chi connectivity index (χ2v) is 5.46. The molecule has 0 amide bonds. The van der Waals surface area contributed by atoms with E-state index in [4.69, 9.17) is 9.47 Å². The van der Waals surface area contributed by atoms with Gasteiger partial charge in [-0.3, -0.25) is 5.32 Å². The van der Waals surface area contributed by atoms with Gasteiger partial charge in [0.1, 0.15) is 0 Å². The SMILES string of the molecule is CCCOCC(NC1CC1)(C(=O)OCC)c1ccccc1. The highest BCUT2D eigenvalue weighted by Gasteiger charge is 2.45. The summed E-state index contributed by atoms with van der Waals surface area (Å²) in [7, 11) is 0. The van der Waals surface area contributed by atoms with Crippen molar-refractivity contribution in [1.82, 2.24) is 5.32 Å². The quantitative estimate of drug-likeness (QED) is 0.561. The predicted octanol–water partition coefficient (Wildman–Crippen LogP) is 2.62. The van der Waals surface area contributed by atoms with Gasteiger partial charge in [-0.15, -0.1) is 0 Å². The second-order valence-electron chi connectivity index (χ2n) is 5.46. The van der Waals surface area contributed by atoms with Gasteiger partial charge in [0, 0.05) is 12.6 Å². The van der Waals surface area contributed by atoms with Gasteiger partial charge in [0.25, 0.3) is 0 Å². The molecule has 1 atom stereocenters. The largest absolute Gasteiger partial charge is 0.464 e. The first-order chi connectivity index (χ1) is 10.2. The number of hydrogen-bond donors (Lipinski definition) is 1. The van der Waals surface area contributed by atoms with Crippen LogP contribution in [0.4, 0.5) is 0 Å². The van der Waals surface area contributed by atoms with Crippen molar-refractivity contribution in [3.8, 4) is 0 Å². The fourth-order valence-electron chi connectivity index (χ4n) is 2.37. The molecule has 21 heavy (non-hydrogen) atoms. The molecule has 1 N–H and O–H groups in total. The van der Waals surface area contributed by atoms with Gasteiger partial charge in [0.05, 0.1) is 13.2 Å². The lowest BCUT2D eigenvalue weighted by atomic mass is 9.90. The van der Waals surface area contributed by atoms with Crippen molar-refractivity contribution in [3.05, 3.63) is 35.9 Å². The molecule has 0 aliphatic heterocycles. The van der Waals surface area contributed by atoms with E-state index < -0.39 is 5.54 Å². The summed E-state index contributed by atoms with van der Waals surface area (Å²) in [6.45, 7) is 5.20. The molecule has 1 aromatic carbocycles. The molecular formula is C17H25NO3. The van der Waals surface area contributed by atoms with Crippen molar-refractivity contribution in [2.24, 2.45) is 0 Å². The molecule has 4 nitrogen and oxygen atoms in total. The van der Waals surface area contributed by atoms with Crippen LogP contribution in [0, 0.1) is 0 Å². The Labute approximate surface area is 126 Å². The Morgan fingerprint density at radius 2 is 2.00 bits per heavy atom. The van der Waals surface area contributed by atoms with Crippen molar-refractivity contribution < 1.29 is 14.3 Å². The van der Waals surface area contributed by atoms with Crippen molar-refractivity contribution >= 4 is 5.97 Å². The number of carbonyl (C=O) groups is 1. The Morgan fingerprint density at radius 1 is 1.29 bits per heavy atom. The Balaban J connectivity index is 2.28. The Morgan fingerprint density at radius 3 is 2.57 bits per heavy atom. The minimum atomic E-state index is -0.895. The van der Waals surface area contributed by atoms with Crippen molar-refractivity contribution in [3.63, 3.8) is 0 Å². The molecule has 116 valence electrons. The minimum absolute atomic E-state index is 0.251. The van der Waals surface area contributed by atoms with Gasteiger partial charge < -0.3 is 9.47 Å². The van der Waals surface area contributed by atoms with Crippen LogP contribution in [-0.4, -0.2) is 31.8 Å². The normalized spacial score (nSPS) is 17.2. The maximum Gasteiger partial charge on any atom is 0.333 e. The van der Waals surface area contributed by atoms with Gasteiger partial charge in [-0.1, -0.05) is 37.3 Å². The number of benzene rings is 1. The van der Waals surface area contributed by atoms with E-state index in [0.717, 1.165) is 24.8 Å². The third kappa shape index (κ3) is 4.05. The van der Waals surface area contributed by atoms with Crippen LogP contribution in [0.2, 0.25) is 0 Å². The molecule has 1 aliphatic rings. The van der Waals surface area contributed by atoms with Crippen LogP contribution in [0.1, 0.15) is 38.7 Å². The Bertz CT molecular complexity index is 445. The first-order valence-corrected chi connectivity index (χ1v) is 7.81. The molecule has 1 unspecified atom stereocenters. The Hall–Kier alpha value is -1.39. The lowest BCUT2D eigenvalue weighted by Gasteiger charge is -2.33. The lowest BCUT2D eigenvalue weighted by molar-refractivity contribution is -0.155. The smallest absolute Gasteiger partial charge is 0.333 e. The zero-order valence-electron chi connectivity index (χ0n) is 12.9. The fraction of sp³-hybridized carbons (Fsp3) is 0.588. The molecule has 0 radical (unpaired) electrons. The number of nitrogens with one attached hydrogen (secondary N) is 1. The van der Waals surface area contributed by atoms with Crippen molar-refractivity contribution in [1.29, 1.82) is 0 Å². The first-order valence-electron chi connectivity index (χ1n) is 7.81. The lowest BCUT2D eigenvalue weighted by Crippen LogP contribution is -2.54. The summed E-state index contributed by atoms with van der Waals surface area (Å²) in [6, 6.07) is 10.1. The van der Waals surface area contributed by atoms with Gasteiger partial charge in [-0.2, -0.15) is 0 Å². The van der Waals surface area contributed by atoms with Gasteiger partial charge in [0.15, 0.2) is 5.54 Å².